The van der Waals surface area contributed by atoms with E-state index >= 15 is 0 Å². The summed E-state index contributed by atoms with van der Waals surface area (Å²) >= 11 is 12.3. The van der Waals surface area contributed by atoms with E-state index in [-0.39, 0.29) is 56.1 Å². The second-order valence-corrected chi connectivity index (χ2v) is 11.2. The third-order valence-corrected chi connectivity index (χ3v) is 8.27. The molecule has 0 radical (unpaired) electrons. The van der Waals surface area contributed by atoms with Gasteiger partial charge in [0.25, 0.3) is 15.9 Å². The summed E-state index contributed by atoms with van der Waals surface area (Å²) in [5.41, 5.74) is 0.261. The summed E-state index contributed by atoms with van der Waals surface area (Å²) in [7, 11) is -4.47. The van der Waals surface area contributed by atoms with Gasteiger partial charge in [-0.05, 0) is 48.5 Å². The van der Waals surface area contributed by atoms with Gasteiger partial charge in [-0.1, -0.05) is 53.6 Å². The number of halogens is 4. The number of carbonyl (C=O) groups excluding carboxylic acids is 2. The fourth-order valence-electron chi connectivity index (χ4n) is 4.49. The number of hydrogen-bond acceptors (Lipinski definition) is 4. The van der Waals surface area contributed by atoms with Gasteiger partial charge < -0.3 is 4.57 Å². The molecule has 1 aliphatic rings. The zero-order valence-corrected chi connectivity index (χ0v) is 22.2. The Morgan fingerprint density at radius 2 is 1.79 bits per heavy atom. The first-order chi connectivity index (χ1) is 18.6. The molecule has 1 heterocycles. The molecule has 6 nitrogen and oxygen atoms in total. The molecule has 0 aliphatic heterocycles. The van der Waals surface area contributed by atoms with Crippen LogP contribution >= 0.6 is 23.2 Å². The van der Waals surface area contributed by atoms with Crippen molar-refractivity contribution in [3.05, 3.63) is 117 Å². The Morgan fingerprint density at radius 1 is 1.03 bits per heavy atom. The van der Waals surface area contributed by atoms with Crippen LogP contribution in [-0.4, -0.2) is 24.7 Å². The molecule has 1 aromatic heterocycles. The molecule has 1 N–H and O–H groups in total. The molecule has 1 amide bonds. The van der Waals surface area contributed by atoms with Crippen LogP contribution in [0, 0.1) is 11.6 Å². The summed E-state index contributed by atoms with van der Waals surface area (Å²) < 4.78 is 58.5. The number of sulfonamides is 1. The smallest absolute Gasteiger partial charge is 0.282 e. The highest BCUT2D eigenvalue weighted by atomic mass is 35.5. The molecule has 0 saturated heterocycles. The third kappa shape index (κ3) is 5.13. The van der Waals surface area contributed by atoms with Gasteiger partial charge in [-0.25, -0.2) is 21.9 Å². The molecule has 3 aromatic carbocycles. The molecule has 1 aliphatic carbocycles. The highest BCUT2D eigenvalue weighted by Gasteiger charge is 2.31. The molecule has 198 valence electrons. The van der Waals surface area contributed by atoms with Gasteiger partial charge in [0.05, 0.1) is 11.6 Å². The molecule has 11 heteroatoms. The lowest BCUT2D eigenvalue weighted by Gasteiger charge is -2.15. The lowest BCUT2D eigenvalue weighted by atomic mass is 9.93. The van der Waals surface area contributed by atoms with Gasteiger partial charge in [0.1, 0.15) is 22.2 Å². The monoisotopic (exact) mass is 586 g/mol. The summed E-state index contributed by atoms with van der Waals surface area (Å²) in [6.45, 7) is -0.353. The van der Waals surface area contributed by atoms with Crippen molar-refractivity contribution >= 4 is 61.4 Å². The zero-order valence-electron chi connectivity index (χ0n) is 19.9. The Kier molecular flexibility index (Phi) is 7.15. The van der Waals surface area contributed by atoms with E-state index in [0.29, 0.717) is 10.9 Å². The van der Waals surface area contributed by atoms with Crippen molar-refractivity contribution in [2.45, 2.75) is 17.9 Å². The average molecular weight is 587 g/mol. The van der Waals surface area contributed by atoms with Gasteiger partial charge in [0.2, 0.25) is 0 Å². The Hall–Kier alpha value is -3.79. The third-order valence-electron chi connectivity index (χ3n) is 6.20. The highest BCUT2D eigenvalue weighted by molar-refractivity contribution is 7.90. The van der Waals surface area contributed by atoms with Gasteiger partial charge >= 0.3 is 0 Å². The fourth-order valence-corrected chi connectivity index (χ4v) is 6.13. The maximum absolute atomic E-state index is 14.7. The minimum Gasteiger partial charge on any atom is -0.331 e. The number of carbonyl (C=O) groups is 2. The summed E-state index contributed by atoms with van der Waals surface area (Å²) in [5.74, 6) is -2.86. The predicted molar refractivity (Wildman–Crippen MR) is 145 cm³/mol. The number of nitrogens with one attached hydrogen (secondary N) is 1. The van der Waals surface area contributed by atoms with E-state index in [0.717, 1.165) is 18.2 Å². The molecule has 4 aromatic rings. The first kappa shape index (κ1) is 26.8. The topological polar surface area (TPSA) is 85.2 Å². The molecule has 0 unspecified atom stereocenters. The Bertz CT molecular complexity index is 1850. The molecular weight excluding hydrogens is 569 g/mol. The molecule has 0 atom stereocenters. The summed E-state index contributed by atoms with van der Waals surface area (Å²) in [6, 6.07) is 13.1. The minimum absolute atomic E-state index is 0.0522. The van der Waals surface area contributed by atoms with E-state index in [1.807, 2.05) is 4.72 Å². The summed E-state index contributed by atoms with van der Waals surface area (Å²) in [6.07, 6.45) is 4.84. The van der Waals surface area contributed by atoms with Crippen LogP contribution in [0.2, 0.25) is 10.0 Å². The molecule has 0 bridgehead atoms. The van der Waals surface area contributed by atoms with Crippen molar-refractivity contribution in [1.29, 1.82) is 0 Å². The number of aromatic nitrogens is 1. The molecule has 0 fully saturated rings. The maximum Gasteiger partial charge on any atom is 0.282 e. The van der Waals surface area contributed by atoms with E-state index in [1.165, 1.54) is 47.0 Å². The lowest BCUT2D eigenvalue weighted by molar-refractivity contribution is -0.113. The number of hydrogen-bond donors (Lipinski definition) is 1. The van der Waals surface area contributed by atoms with Crippen LogP contribution in [0.3, 0.4) is 0 Å². The fraction of sp³-hybridized carbons (Fsp3) is 0.0714. The van der Waals surface area contributed by atoms with Crippen LogP contribution in [0.5, 0.6) is 0 Å². The van der Waals surface area contributed by atoms with E-state index < -0.39 is 27.6 Å². The summed E-state index contributed by atoms with van der Waals surface area (Å²) in [5, 5.41) is 0.532. The van der Waals surface area contributed by atoms with Gasteiger partial charge in [0.15, 0.2) is 5.78 Å². The highest BCUT2D eigenvalue weighted by Crippen LogP contribution is 2.37. The number of nitrogens with zero attached hydrogens (tertiary/aromatic N) is 1. The number of ketones is 1. The SMILES string of the molecule is O=C1CC=CC=C1c1c(C(=O)NS(=O)(=O)c2ccccc2Cl)n(Cc2cc(F)ccc2F)c2ccc(Cl)cc12. The second kappa shape index (κ2) is 10.4. The van der Waals surface area contributed by atoms with Crippen LogP contribution in [0.1, 0.15) is 28.0 Å². The van der Waals surface area contributed by atoms with Crippen molar-refractivity contribution in [2.75, 3.05) is 0 Å². The molecule has 39 heavy (non-hydrogen) atoms. The standard InChI is InChI=1S/C28H18Cl2F2N2O4S/c29-17-9-12-23-20(14-17)26(19-5-1-3-7-24(19)35)27(34(23)15-16-13-18(31)10-11-22(16)32)28(36)33-39(37,38)25-8-4-2-6-21(25)30/h1-6,8-14H,7,15H2,(H,33,36). The van der Waals surface area contributed by atoms with Crippen LogP contribution < -0.4 is 4.72 Å². The van der Waals surface area contributed by atoms with Gasteiger partial charge in [-0.2, -0.15) is 0 Å². The van der Waals surface area contributed by atoms with Crippen molar-refractivity contribution < 1.29 is 26.8 Å². The number of fused-ring (bicyclic) bond motifs is 1. The van der Waals surface area contributed by atoms with E-state index in [1.54, 1.807) is 18.2 Å². The van der Waals surface area contributed by atoms with Crippen molar-refractivity contribution in [3.63, 3.8) is 0 Å². The first-order valence-corrected chi connectivity index (χ1v) is 13.8. The molecule has 0 saturated carbocycles. The second-order valence-electron chi connectivity index (χ2n) is 8.71. The minimum atomic E-state index is -4.47. The zero-order chi connectivity index (χ0) is 27.9. The van der Waals surface area contributed by atoms with E-state index in [4.69, 9.17) is 23.2 Å². The number of amides is 1. The average Bonchev–Trinajstić information content (AvgIpc) is 3.19. The lowest BCUT2D eigenvalue weighted by Crippen LogP contribution is -2.33. The van der Waals surface area contributed by atoms with Gasteiger partial charge in [0, 0.05) is 39.0 Å². The van der Waals surface area contributed by atoms with Gasteiger partial charge in [-0.15, -0.1) is 0 Å². The number of allylic oxidation sites excluding steroid dienone is 4. The Balaban J connectivity index is 1.77. The van der Waals surface area contributed by atoms with Crippen LogP contribution in [-0.2, 0) is 21.4 Å². The van der Waals surface area contributed by atoms with Crippen molar-refractivity contribution in [2.24, 2.45) is 0 Å². The first-order valence-electron chi connectivity index (χ1n) is 11.5. The Morgan fingerprint density at radius 3 is 2.54 bits per heavy atom. The predicted octanol–water partition coefficient (Wildman–Crippen LogP) is 6.31. The van der Waals surface area contributed by atoms with Crippen molar-refractivity contribution in [1.82, 2.24) is 9.29 Å². The largest absolute Gasteiger partial charge is 0.331 e. The number of Topliss-reactive ketones (excluding diaryl/α,β-unsaturated/α-hetero) is 1. The number of rotatable bonds is 6. The van der Waals surface area contributed by atoms with Crippen LogP contribution in [0.15, 0.2) is 83.8 Å². The molecular formula is C28H18Cl2F2N2O4S. The van der Waals surface area contributed by atoms with Crippen LogP contribution in [0.4, 0.5) is 8.78 Å². The van der Waals surface area contributed by atoms with Gasteiger partial charge in [-0.3, -0.25) is 9.59 Å². The van der Waals surface area contributed by atoms with Crippen LogP contribution in [0.25, 0.3) is 16.5 Å². The van der Waals surface area contributed by atoms with E-state index in [9.17, 15) is 26.8 Å². The normalized spacial score (nSPS) is 13.5. The maximum atomic E-state index is 14.7. The number of benzene rings is 3. The molecule has 0 spiro atoms. The van der Waals surface area contributed by atoms with E-state index in [2.05, 4.69) is 0 Å². The Labute approximate surface area is 232 Å². The summed E-state index contributed by atoms with van der Waals surface area (Å²) in [4.78, 5) is 26.5. The van der Waals surface area contributed by atoms with Crippen molar-refractivity contribution in [3.8, 4) is 0 Å². The molecule has 5 rings (SSSR count). The quantitative estimate of drug-likeness (QED) is 0.287.